The van der Waals surface area contributed by atoms with Crippen molar-refractivity contribution in [2.24, 2.45) is 5.41 Å². The Morgan fingerprint density at radius 3 is 2.00 bits per heavy atom. The van der Waals surface area contributed by atoms with Crippen LogP contribution in [0.25, 0.3) is 11.1 Å². The van der Waals surface area contributed by atoms with Crippen LogP contribution in [0.1, 0.15) is 62.0 Å². The topological polar surface area (TPSA) is 105 Å². The van der Waals surface area contributed by atoms with Crippen molar-refractivity contribution in [3.8, 4) is 11.1 Å². The van der Waals surface area contributed by atoms with Crippen LogP contribution in [-0.4, -0.2) is 41.8 Å². The molecular formula is C27H30N2O5. The highest BCUT2D eigenvalue weighted by Crippen LogP contribution is 2.45. The van der Waals surface area contributed by atoms with E-state index in [1.807, 2.05) is 24.3 Å². The van der Waals surface area contributed by atoms with Crippen molar-refractivity contribution in [2.75, 3.05) is 13.2 Å². The Morgan fingerprint density at radius 1 is 0.912 bits per heavy atom. The van der Waals surface area contributed by atoms with Gasteiger partial charge in [0.2, 0.25) is 5.91 Å². The maximum atomic E-state index is 13.1. The average molecular weight is 463 g/mol. The number of nitrogens with one attached hydrogen (secondary N) is 2. The van der Waals surface area contributed by atoms with Gasteiger partial charge in [0.15, 0.2) is 0 Å². The third-order valence-corrected chi connectivity index (χ3v) is 7.89. The van der Waals surface area contributed by atoms with Crippen molar-refractivity contribution in [3.05, 3.63) is 59.7 Å². The summed E-state index contributed by atoms with van der Waals surface area (Å²) in [6.45, 7) is 0.416. The van der Waals surface area contributed by atoms with Crippen LogP contribution in [0.15, 0.2) is 48.5 Å². The summed E-state index contributed by atoms with van der Waals surface area (Å²) in [6.07, 6.45) is 3.93. The summed E-state index contributed by atoms with van der Waals surface area (Å²) in [5.74, 6) is -1.08. The lowest BCUT2D eigenvalue weighted by atomic mass is 9.66. The highest BCUT2D eigenvalue weighted by molar-refractivity contribution is 5.86. The molecule has 2 saturated carbocycles. The molecule has 0 heterocycles. The smallest absolute Gasteiger partial charge is 0.407 e. The molecule has 7 heteroatoms. The maximum Gasteiger partial charge on any atom is 0.407 e. The first-order valence-electron chi connectivity index (χ1n) is 12.0. The molecule has 34 heavy (non-hydrogen) atoms. The Morgan fingerprint density at radius 2 is 1.50 bits per heavy atom. The average Bonchev–Trinajstić information content (AvgIpc) is 3.09. The van der Waals surface area contributed by atoms with E-state index in [1.165, 1.54) is 11.1 Å². The molecule has 0 spiro atoms. The van der Waals surface area contributed by atoms with Crippen molar-refractivity contribution in [1.82, 2.24) is 10.6 Å². The fraction of sp³-hybridized carbons (Fsp3) is 0.444. The molecule has 0 aromatic heterocycles. The van der Waals surface area contributed by atoms with E-state index in [0.717, 1.165) is 24.0 Å². The first kappa shape index (κ1) is 22.4. The Balaban J connectivity index is 1.19. The molecular weight excluding hydrogens is 432 g/mol. The van der Waals surface area contributed by atoms with Crippen LogP contribution in [0.5, 0.6) is 0 Å². The molecule has 0 saturated heterocycles. The van der Waals surface area contributed by atoms with Crippen LogP contribution in [0.3, 0.4) is 0 Å². The van der Waals surface area contributed by atoms with Crippen LogP contribution in [0, 0.1) is 5.41 Å². The number of amides is 2. The highest BCUT2D eigenvalue weighted by atomic mass is 16.5. The number of hydrogen-bond acceptors (Lipinski definition) is 4. The third kappa shape index (κ3) is 4.04. The second kappa shape index (κ2) is 8.78. The van der Waals surface area contributed by atoms with E-state index in [2.05, 4.69) is 34.9 Å². The van der Waals surface area contributed by atoms with E-state index < -0.39 is 23.0 Å². The molecule has 2 aromatic carbocycles. The molecule has 2 fully saturated rings. The van der Waals surface area contributed by atoms with E-state index in [9.17, 15) is 19.5 Å². The number of rotatable bonds is 8. The molecule has 7 nitrogen and oxygen atoms in total. The predicted molar refractivity (Wildman–Crippen MR) is 126 cm³/mol. The van der Waals surface area contributed by atoms with Crippen LogP contribution in [-0.2, 0) is 14.3 Å². The van der Waals surface area contributed by atoms with Crippen molar-refractivity contribution in [3.63, 3.8) is 0 Å². The lowest BCUT2D eigenvalue weighted by molar-refractivity contribution is -0.143. The second-order valence-electron chi connectivity index (χ2n) is 9.97. The largest absolute Gasteiger partial charge is 0.481 e. The minimum atomic E-state index is -0.903. The third-order valence-electron chi connectivity index (χ3n) is 7.89. The second-order valence-corrected chi connectivity index (χ2v) is 9.97. The summed E-state index contributed by atoms with van der Waals surface area (Å²) in [5.41, 5.74) is 3.31. The van der Waals surface area contributed by atoms with Crippen LogP contribution in [0.2, 0.25) is 0 Å². The number of carboxylic acid groups (broad SMARTS) is 1. The first-order chi connectivity index (χ1) is 16.4. The monoisotopic (exact) mass is 462 g/mol. The minimum absolute atomic E-state index is 0.0198. The Bertz CT molecular complexity index is 1070. The van der Waals surface area contributed by atoms with Gasteiger partial charge >= 0.3 is 12.1 Å². The zero-order valence-corrected chi connectivity index (χ0v) is 19.1. The van der Waals surface area contributed by atoms with Gasteiger partial charge in [-0.25, -0.2) is 4.79 Å². The van der Waals surface area contributed by atoms with Gasteiger partial charge in [-0.2, -0.15) is 0 Å². The van der Waals surface area contributed by atoms with Gasteiger partial charge in [0.25, 0.3) is 0 Å². The number of hydrogen-bond donors (Lipinski definition) is 3. The summed E-state index contributed by atoms with van der Waals surface area (Å²) in [4.78, 5) is 36.9. The summed E-state index contributed by atoms with van der Waals surface area (Å²) in [5, 5.41) is 15.0. The fourth-order valence-electron chi connectivity index (χ4n) is 5.59. The fourth-order valence-corrected chi connectivity index (χ4v) is 5.59. The molecule has 2 amide bonds. The first-order valence-corrected chi connectivity index (χ1v) is 12.0. The molecule has 0 atom stereocenters. The van der Waals surface area contributed by atoms with Gasteiger partial charge < -0.3 is 20.5 Å². The molecule has 0 unspecified atom stereocenters. The molecule has 5 rings (SSSR count). The van der Waals surface area contributed by atoms with E-state index in [0.29, 0.717) is 25.7 Å². The Hall–Kier alpha value is -3.35. The van der Waals surface area contributed by atoms with Gasteiger partial charge in [-0.05, 0) is 54.4 Å². The molecule has 3 aliphatic rings. The Labute approximate surface area is 198 Å². The number of benzene rings is 2. The van der Waals surface area contributed by atoms with E-state index >= 15 is 0 Å². The molecule has 178 valence electrons. The van der Waals surface area contributed by atoms with Crippen molar-refractivity contribution in [1.29, 1.82) is 0 Å². The Kier molecular flexibility index (Phi) is 5.80. The maximum absolute atomic E-state index is 13.1. The van der Waals surface area contributed by atoms with Crippen molar-refractivity contribution < 1.29 is 24.2 Å². The molecule has 0 aliphatic heterocycles. The number of alkyl carbamates (subject to hydrolysis) is 1. The number of carbonyl (C=O) groups excluding carboxylic acids is 2. The summed E-state index contributed by atoms with van der Waals surface area (Å²) >= 11 is 0. The van der Waals surface area contributed by atoms with Gasteiger partial charge in [0.05, 0.1) is 17.4 Å². The number of fused-ring (bicyclic) bond motifs is 3. The van der Waals surface area contributed by atoms with Crippen LogP contribution >= 0.6 is 0 Å². The van der Waals surface area contributed by atoms with Crippen molar-refractivity contribution >= 4 is 18.0 Å². The standard InChI is InChI=1S/C27H30N2O5/c30-23(31)15-27(13-6-14-27)29-24(32)26(11-5-12-26)17-28-25(33)34-16-22-20-9-3-1-7-18(20)19-8-2-4-10-21(19)22/h1-4,7-10,22H,5-6,11-17H2,(H,28,33)(H,29,32)(H,30,31). The lowest BCUT2D eigenvalue weighted by Crippen LogP contribution is -2.61. The van der Waals surface area contributed by atoms with Gasteiger partial charge in [0, 0.05) is 12.5 Å². The SMILES string of the molecule is O=C(O)CC1(NC(=O)C2(CNC(=O)OCC3c4ccccc4-c4ccccc43)CCC2)CCC1. The van der Waals surface area contributed by atoms with Gasteiger partial charge in [-0.1, -0.05) is 55.0 Å². The quantitative estimate of drug-likeness (QED) is 0.545. The van der Waals surface area contributed by atoms with E-state index in [-0.39, 0.29) is 31.4 Å². The number of ether oxygens (including phenoxy) is 1. The van der Waals surface area contributed by atoms with Crippen LogP contribution < -0.4 is 10.6 Å². The predicted octanol–water partition coefficient (Wildman–Crippen LogP) is 4.21. The molecule has 3 aliphatic carbocycles. The lowest BCUT2D eigenvalue weighted by Gasteiger charge is -2.47. The van der Waals surface area contributed by atoms with E-state index in [4.69, 9.17) is 4.74 Å². The molecule has 0 radical (unpaired) electrons. The summed E-state index contributed by atoms with van der Waals surface area (Å²) < 4.78 is 5.61. The summed E-state index contributed by atoms with van der Waals surface area (Å²) in [6, 6.07) is 16.3. The van der Waals surface area contributed by atoms with Crippen molar-refractivity contribution in [2.45, 2.75) is 56.4 Å². The van der Waals surface area contributed by atoms with Gasteiger partial charge in [0.1, 0.15) is 6.61 Å². The molecule has 0 bridgehead atoms. The molecule has 3 N–H and O–H groups in total. The normalized spacial score (nSPS) is 19.1. The number of carboxylic acids is 1. The number of carbonyl (C=O) groups is 3. The zero-order valence-electron chi connectivity index (χ0n) is 19.1. The van der Waals surface area contributed by atoms with Crippen LogP contribution in [0.4, 0.5) is 4.79 Å². The molecule has 2 aromatic rings. The summed E-state index contributed by atoms with van der Waals surface area (Å²) in [7, 11) is 0. The zero-order chi connectivity index (χ0) is 23.8. The van der Waals surface area contributed by atoms with Gasteiger partial charge in [-0.15, -0.1) is 0 Å². The van der Waals surface area contributed by atoms with E-state index in [1.54, 1.807) is 0 Å². The minimum Gasteiger partial charge on any atom is -0.481 e. The number of aliphatic carboxylic acids is 1. The van der Waals surface area contributed by atoms with Gasteiger partial charge in [-0.3, -0.25) is 9.59 Å². The highest BCUT2D eigenvalue weighted by Gasteiger charge is 2.49.